The highest BCUT2D eigenvalue weighted by Gasteiger charge is 2.16. The summed E-state index contributed by atoms with van der Waals surface area (Å²) in [6, 6.07) is 9.50. The molecule has 0 saturated heterocycles. The van der Waals surface area contributed by atoms with E-state index in [0.29, 0.717) is 5.82 Å². The zero-order valence-electron chi connectivity index (χ0n) is 9.66. The van der Waals surface area contributed by atoms with E-state index >= 15 is 0 Å². The van der Waals surface area contributed by atoms with Gasteiger partial charge < -0.3 is 10.5 Å². The lowest BCUT2D eigenvalue weighted by Crippen LogP contribution is -1.96. The molecule has 0 radical (unpaired) electrons. The quantitative estimate of drug-likeness (QED) is 0.663. The minimum absolute atomic E-state index is 0.107. The number of nitro benzene ring substituents is 1. The van der Waals surface area contributed by atoms with E-state index in [2.05, 4.69) is 4.98 Å². The molecule has 2 rings (SSSR count). The summed E-state index contributed by atoms with van der Waals surface area (Å²) in [7, 11) is 0. The molecule has 0 aliphatic carbocycles. The van der Waals surface area contributed by atoms with Crippen LogP contribution in [0.25, 0.3) is 0 Å². The molecule has 0 spiro atoms. The smallest absolute Gasteiger partial charge is 0.311 e. The third-order valence-corrected chi connectivity index (χ3v) is 2.27. The number of pyridine rings is 1. The first kappa shape index (κ1) is 11.8. The van der Waals surface area contributed by atoms with Gasteiger partial charge in [0.2, 0.25) is 11.6 Å². The van der Waals surface area contributed by atoms with Gasteiger partial charge >= 0.3 is 5.69 Å². The van der Waals surface area contributed by atoms with Gasteiger partial charge in [-0.25, -0.2) is 0 Å². The number of anilines is 1. The Morgan fingerprint density at radius 2 is 2.11 bits per heavy atom. The first-order valence-corrected chi connectivity index (χ1v) is 5.21. The second kappa shape index (κ2) is 4.70. The third kappa shape index (κ3) is 2.54. The zero-order valence-corrected chi connectivity index (χ0v) is 9.66. The van der Waals surface area contributed by atoms with Gasteiger partial charge in [0.05, 0.1) is 4.92 Å². The average Bonchev–Trinajstić information content (AvgIpc) is 2.28. The first-order chi connectivity index (χ1) is 8.56. The molecular formula is C12H11N3O3. The molecule has 1 aromatic carbocycles. The molecule has 1 aromatic heterocycles. The number of nitro groups is 1. The molecule has 0 amide bonds. The first-order valence-electron chi connectivity index (χ1n) is 5.21. The van der Waals surface area contributed by atoms with Crippen molar-refractivity contribution in [3.8, 4) is 11.6 Å². The second-order valence-corrected chi connectivity index (χ2v) is 3.73. The van der Waals surface area contributed by atoms with Gasteiger partial charge in [0, 0.05) is 12.1 Å². The van der Waals surface area contributed by atoms with Gasteiger partial charge in [-0.1, -0.05) is 12.1 Å². The maximum Gasteiger partial charge on any atom is 0.311 e. The summed E-state index contributed by atoms with van der Waals surface area (Å²) < 4.78 is 5.40. The van der Waals surface area contributed by atoms with Crippen LogP contribution in [0.5, 0.6) is 11.6 Å². The molecule has 0 unspecified atom stereocenters. The van der Waals surface area contributed by atoms with E-state index in [9.17, 15) is 10.1 Å². The fourth-order valence-electron chi connectivity index (χ4n) is 1.45. The number of hydrogen-bond donors (Lipinski definition) is 1. The van der Waals surface area contributed by atoms with E-state index in [0.717, 1.165) is 5.56 Å². The van der Waals surface area contributed by atoms with Gasteiger partial charge in [0.25, 0.3) is 0 Å². The number of ether oxygens (including phenoxy) is 1. The molecule has 0 aliphatic rings. The maximum atomic E-state index is 10.9. The highest BCUT2D eigenvalue weighted by atomic mass is 16.6. The minimum atomic E-state index is -0.499. The van der Waals surface area contributed by atoms with E-state index in [1.807, 2.05) is 6.92 Å². The lowest BCUT2D eigenvalue weighted by molar-refractivity contribution is -0.385. The molecule has 2 N–H and O–H groups in total. The van der Waals surface area contributed by atoms with E-state index in [1.165, 1.54) is 6.07 Å². The molecular weight excluding hydrogens is 234 g/mol. The average molecular weight is 245 g/mol. The second-order valence-electron chi connectivity index (χ2n) is 3.73. The Balaban J connectivity index is 2.39. The van der Waals surface area contributed by atoms with Crippen LogP contribution in [-0.4, -0.2) is 9.91 Å². The molecule has 2 aromatic rings. The highest BCUT2D eigenvalue weighted by Crippen LogP contribution is 2.31. The summed E-state index contributed by atoms with van der Waals surface area (Å²) in [6.45, 7) is 1.82. The van der Waals surface area contributed by atoms with Crippen LogP contribution in [0.15, 0.2) is 36.4 Å². The van der Waals surface area contributed by atoms with Crippen LogP contribution >= 0.6 is 0 Å². The molecule has 0 fully saturated rings. The van der Waals surface area contributed by atoms with Crippen LogP contribution in [0, 0.1) is 17.0 Å². The van der Waals surface area contributed by atoms with E-state index in [4.69, 9.17) is 10.5 Å². The Bertz CT molecular complexity index is 599. The Kier molecular flexibility index (Phi) is 3.09. The van der Waals surface area contributed by atoms with Crippen molar-refractivity contribution >= 4 is 11.5 Å². The Hall–Kier alpha value is -2.63. The van der Waals surface area contributed by atoms with Gasteiger partial charge in [-0.05, 0) is 24.6 Å². The summed E-state index contributed by atoms with van der Waals surface area (Å²) in [5, 5.41) is 10.9. The number of rotatable bonds is 3. The molecule has 6 nitrogen and oxygen atoms in total. The summed E-state index contributed by atoms with van der Waals surface area (Å²) >= 11 is 0. The molecule has 92 valence electrons. The molecule has 0 atom stereocenters. The standard InChI is InChI=1S/C12H11N3O3/c1-8-5-6-9(15(16)17)10(7-8)18-12-4-2-3-11(13)14-12/h2-7H,1H3,(H2,13,14). The van der Waals surface area contributed by atoms with Crippen molar-refractivity contribution in [3.63, 3.8) is 0 Å². The normalized spacial score (nSPS) is 10.1. The number of nitrogen functional groups attached to an aromatic ring is 1. The van der Waals surface area contributed by atoms with Gasteiger partial charge in [0.1, 0.15) is 5.82 Å². The van der Waals surface area contributed by atoms with Crippen LogP contribution in [0.2, 0.25) is 0 Å². The number of hydrogen-bond acceptors (Lipinski definition) is 5. The number of nitrogens with zero attached hydrogens (tertiary/aromatic N) is 2. The molecule has 0 aliphatic heterocycles. The molecule has 0 saturated carbocycles. The Morgan fingerprint density at radius 3 is 2.78 bits per heavy atom. The van der Waals surface area contributed by atoms with Crippen LogP contribution in [0.1, 0.15) is 5.56 Å². The predicted molar refractivity (Wildman–Crippen MR) is 66.6 cm³/mol. The van der Waals surface area contributed by atoms with E-state index in [-0.39, 0.29) is 17.3 Å². The van der Waals surface area contributed by atoms with Crippen molar-refractivity contribution in [3.05, 3.63) is 52.1 Å². The summed E-state index contributed by atoms with van der Waals surface area (Å²) in [5.74, 6) is 0.671. The van der Waals surface area contributed by atoms with Crippen LogP contribution in [0.4, 0.5) is 11.5 Å². The third-order valence-electron chi connectivity index (χ3n) is 2.27. The van der Waals surface area contributed by atoms with E-state index in [1.54, 1.807) is 30.3 Å². The summed E-state index contributed by atoms with van der Waals surface area (Å²) in [4.78, 5) is 14.3. The fourth-order valence-corrected chi connectivity index (χ4v) is 1.45. The Labute approximate surface area is 103 Å². The molecule has 6 heteroatoms. The monoisotopic (exact) mass is 245 g/mol. The molecule has 0 bridgehead atoms. The topological polar surface area (TPSA) is 91.3 Å². The van der Waals surface area contributed by atoms with Gasteiger partial charge in [0.15, 0.2) is 0 Å². The predicted octanol–water partition coefficient (Wildman–Crippen LogP) is 2.67. The van der Waals surface area contributed by atoms with Crippen molar-refractivity contribution in [2.75, 3.05) is 5.73 Å². The number of nitrogens with two attached hydrogens (primary N) is 1. The van der Waals surface area contributed by atoms with Crippen molar-refractivity contribution in [1.82, 2.24) is 4.98 Å². The van der Waals surface area contributed by atoms with Crippen LogP contribution in [0.3, 0.4) is 0 Å². The van der Waals surface area contributed by atoms with Gasteiger partial charge in [-0.15, -0.1) is 0 Å². The lowest BCUT2D eigenvalue weighted by Gasteiger charge is -2.06. The minimum Gasteiger partial charge on any atom is -0.432 e. The zero-order chi connectivity index (χ0) is 13.1. The Morgan fingerprint density at radius 1 is 1.33 bits per heavy atom. The fraction of sp³-hybridized carbons (Fsp3) is 0.0833. The molecule has 18 heavy (non-hydrogen) atoms. The van der Waals surface area contributed by atoms with Crippen molar-refractivity contribution in [1.29, 1.82) is 0 Å². The lowest BCUT2D eigenvalue weighted by atomic mass is 10.2. The van der Waals surface area contributed by atoms with E-state index < -0.39 is 4.92 Å². The maximum absolute atomic E-state index is 10.9. The van der Waals surface area contributed by atoms with Gasteiger partial charge in [-0.3, -0.25) is 10.1 Å². The van der Waals surface area contributed by atoms with Crippen molar-refractivity contribution in [2.24, 2.45) is 0 Å². The van der Waals surface area contributed by atoms with Crippen molar-refractivity contribution in [2.45, 2.75) is 6.92 Å². The summed E-state index contributed by atoms with van der Waals surface area (Å²) in [5.41, 5.74) is 6.27. The van der Waals surface area contributed by atoms with Crippen LogP contribution < -0.4 is 10.5 Å². The summed E-state index contributed by atoms with van der Waals surface area (Å²) in [6.07, 6.45) is 0. The largest absolute Gasteiger partial charge is 0.432 e. The molecule has 1 heterocycles. The van der Waals surface area contributed by atoms with Crippen LogP contribution in [-0.2, 0) is 0 Å². The van der Waals surface area contributed by atoms with Crippen molar-refractivity contribution < 1.29 is 9.66 Å². The highest BCUT2D eigenvalue weighted by molar-refractivity contribution is 5.50. The SMILES string of the molecule is Cc1ccc([N+](=O)[O-])c(Oc2cccc(N)n2)c1. The number of aromatic nitrogens is 1. The van der Waals surface area contributed by atoms with Gasteiger partial charge in [-0.2, -0.15) is 4.98 Å². The number of aryl methyl sites for hydroxylation is 1. The number of benzene rings is 1.